The van der Waals surface area contributed by atoms with Crippen molar-refractivity contribution >= 4 is 17.0 Å². The van der Waals surface area contributed by atoms with Crippen LogP contribution in [-0.2, 0) is 6.42 Å². The summed E-state index contributed by atoms with van der Waals surface area (Å²) in [6, 6.07) is 10.1. The number of fused-ring (bicyclic) bond motifs is 1. The van der Waals surface area contributed by atoms with Gasteiger partial charge in [0.2, 0.25) is 5.58 Å². The molecule has 2 aromatic carbocycles. The van der Waals surface area contributed by atoms with Crippen LogP contribution in [0.25, 0.3) is 11.1 Å². The van der Waals surface area contributed by atoms with Gasteiger partial charge in [0, 0.05) is 24.2 Å². The van der Waals surface area contributed by atoms with Crippen molar-refractivity contribution in [3.8, 4) is 5.75 Å². The van der Waals surface area contributed by atoms with E-state index in [9.17, 15) is 14.4 Å². The van der Waals surface area contributed by atoms with Crippen LogP contribution < -0.4 is 14.8 Å². The third-order valence-electron chi connectivity index (χ3n) is 3.57. The van der Waals surface area contributed by atoms with Crippen molar-refractivity contribution in [2.75, 3.05) is 13.7 Å². The molecule has 0 saturated carbocycles. The Hall–Kier alpha value is -3.09. The molecular weight excluding hydrogens is 315 g/mol. The van der Waals surface area contributed by atoms with Gasteiger partial charge in [-0.25, -0.2) is 4.39 Å². The summed E-state index contributed by atoms with van der Waals surface area (Å²) < 4.78 is 24.1. The van der Waals surface area contributed by atoms with E-state index in [2.05, 4.69) is 5.32 Å². The molecule has 6 nitrogen and oxygen atoms in total. The molecule has 0 bridgehead atoms. The molecule has 7 heteroatoms. The second kappa shape index (κ2) is 6.57. The summed E-state index contributed by atoms with van der Waals surface area (Å²) in [5.74, 6) is 0.0348. The molecule has 3 aromatic rings. The lowest BCUT2D eigenvalue weighted by Crippen LogP contribution is -2.33. The molecule has 0 aliphatic rings. The SMILES string of the molecule is COc1ccc2c(c1)oc(CCNC(=O)c1ccc(F)cc1)[n+]2[O-]. The number of amides is 1. The Labute approximate surface area is 137 Å². The Balaban J connectivity index is 1.66. The Morgan fingerprint density at radius 3 is 2.75 bits per heavy atom. The number of hydrogen-bond acceptors (Lipinski definition) is 4. The summed E-state index contributed by atoms with van der Waals surface area (Å²) in [6.45, 7) is 0.218. The summed E-state index contributed by atoms with van der Waals surface area (Å²) in [4.78, 5) is 11.9. The number of nitrogens with one attached hydrogen (secondary N) is 1. The van der Waals surface area contributed by atoms with Gasteiger partial charge >= 0.3 is 5.89 Å². The molecule has 0 spiro atoms. The molecular formula is C17H15FN2O4. The minimum atomic E-state index is -0.406. The second-order valence-corrected chi connectivity index (χ2v) is 5.14. The summed E-state index contributed by atoms with van der Waals surface area (Å²) in [7, 11) is 1.53. The summed E-state index contributed by atoms with van der Waals surface area (Å²) in [5, 5.41) is 14.8. The monoisotopic (exact) mass is 330 g/mol. The fraction of sp³-hybridized carbons (Fsp3) is 0.176. The van der Waals surface area contributed by atoms with E-state index in [1.807, 2.05) is 0 Å². The molecule has 0 aliphatic heterocycles. The van der Waals surface area contributed by atoms with Crippen LogP contribution in [-0.4, -0.2) is 19.6 Å². The van der Waals surface area contributed by atoms with E-state index in [-0.39, 0.29) is 24.8 Å². The van der Waals surface area contributed by atoms with Crippen molar-refractivity contribution in [3.63, 3.8) is 0 Å². The fourth-order valence-corrected chi connectivity index (χ4v) is 2.31. The highest BCUT2D eigenvalue weighted by Crippen LogP contribution is 2.20. The molecule has 1 aromatic heterocycles. The van der Waals surface area contributed by atoms with Gasteiger partial charge < -0.3 is 19.7 Å². The molecule has 0 aliphatic carbocycles. The second-order valence-electron chi connectivity index (χ2n) is 5.14. The number of carbonyl (C=O) groups is 1. The van der Waals surface area contributed by atoms with E-state index < -0.39 is 5.82 Å². The Morgan fingerprint density at radius 2 is 2.04 bits per heavy atom. The van der Waals surface area contributed by atoms with Crippen molar-refractivity contribution in [1.82, 2.24) is 5.32 Å². The molecule has 3 rings (SSSR count). The topological polar surface area (TPSA) is 78.4 Å². The smallest absolute Gasteiger partial charge is 0.361 e. The third-order valence-corrected chi connectivity index (χ3v) is 3.57. The fourth-order valence-electron chi connectivity index (χ4n) is 2.31. The number of benzene rings is 2. The summed E-state index contributed by atoms with van der Waals surface area (Å²) >= 11 is 0. The number of aromatic nitrogens is 1. The predicted octanol–water partition coefficient (Wildman–Crippen LogP) is 2.19. The normalized spacial score (nSPS) is 10.8. The van der Waals surface area contributed by atoms with Crippen LogP contribution in [0.4, 0.5) is 4.39 Å². The maximum Gasteiger partial charge on any atom is 0.361 e. The van der Waals surface area contributed by atoms with E-state index >= 15 is 0 Å². The minimum absolute atomic E-state index is 0.192. The van der Waals surface area contributed by atoms with Gasteiger partial charge in [-0.3, -0.25) is 4.79 Å². The van der Waals surface area contributed by atoms with Crippen molar-refractivity contribution < 1.29 is 23.1 Å². The molecule has 24 heavy (non-hydrogen) atoms. The van der Waals surface area contributed by atoms with Crippen LogP contribution in [0.1, 0.15) is 16.2 Å². The molecule has 0 atom stereocenters. The van der Waals surface area contributed by atoms with Crippen LogP contribution in [0.2, 0.25) is 0 Å². The number of nitrogens with zero attached hydrogens (tertiary/aromatic N) is 1. The number of oxazole rings is 1. The largest absolute Gasteiger partial charge is 0.616 e. The van der Waals surface area contributed by atoms with E-state index in [1.54, 1.807) is 18.2 Å². The number of carbonyl (C=O) groups excluding carboxylic acids is 1. The van der Waals surface area contributed by atoms with Crippen LogP contribution in [0, 0.1) is 11.0 Å². The molecule has 1 amide bonds. The zero-order valence-corrected chi connectivity index (χ0v) is 12.9. The Morgan fingerprint density at radius 1 is 1.29 bits per heavy atom. The van der Waals surface area contributed by atoms with Crippen LogP contribution in [0.15, 0.2) is 46.9 Å². The van der Waals surface area contributed by atoms with Gasteiger partial charge in [-0.15, -0.1) is 4.73 Å². The lowest BCUT2D eigenvalue weighted by Gasteiger charge is -2.03. The average molecular weight is 330 g/mol. The van der Waals surface area contributed by atoms with Gasteiger partial charge in [-0.05, 0) is 30.3 Å². The van der Waals surface area contributed by atoms with Crippen molar-refractivity contribution in [2.24, 2.45) is 0 Å². The first-order valence-corrected chi connectivity index (χ1v) is 7.31. The average Bonchev–Trinajstić information content (AvgIpc) is 2.91. The van der Waals surface area contributed by atoms with Gasteiger partial charge in [0.05, 0.1) is 13.5 Å². The van der Waals surface area contributed by atoms with Crippen LogP contribution >= 0.6 is 0 Å². The Bertz CT molecular complexity index is 874. The zero-order chi connectivity index (χ0) is 17.1. The van der Waals surface area contributed by atoms with Gasteiger partial charge in [0.25, 0.3) is 11.4 Å². The molecule has 0 saturated heterocycles. The van der Waals surface area contributed by atoms with Crippen molar-refractivity contribution in [3.05, 3.63) is 64.9 Å². The first kappa shape index (κ1) is 15.8. The number of rotatable bonds is 5. The van der Waals surface area contributed by atoms with Crippen LogP contribution in [0.5, 0.6) is 5.75 Å². The van der Waals surface area contributed by atoms with Crippen molar-refractivity contribution in [2.45, 2.75) is 6.42 Å². The maximum absolute atomic E-state index is 12.8. The molecule has 1 N–H and O–H groups in total. The molecule has 0 fully saturated rings. The maximum atomic E-state index is 12.8. The molecule has 0 unspecified atom stereocenters. The van der Waals surface area contributed by atoms with Gasteiger partial charge in [0.1, 0.15) is 11.6 Å². The first-order chi connectivity index (χ1) is 11.6. The minimum Gasteiger partial charge on any atom is -0.616 e. The molecule has 1 heterocycles. The highest BCUT2D eigenvalue weighted by atomic mass is 19.1. The number of hydrogen-bond donors (Lipinski definition) is 1. The van der Waals surface area contributed by atoms with Crippen LogP contribution in [0.3, 0.4) is 0 Å². The predicted molar refractivity (Wildman–Crippen MR) is 84.2 cm³/mol. The number of methoxy groups -OCH3 is 1. The highest BCUT2D eigenvalue weighted by Gasteiger charge is 2.18. The van der Waals surface area contributed by atoms with Gasteiger partial charge in [0.15, 0.2) is 0 Å². The molecule has 0 radical (unpaired) electrons. The number of ether oxygens (including phenoxy) is 1. The highest BCUT2D eigenvalue weighted by molar-refractivity contribution is 5.94. The van der Waals surface area contributed by atoms with E-state index in [1.165, 1.54) is 31.4 Å². The van der Waals surface area contributed by atoms with Gasteiger partial charge in [-0.1, -0.05) is 0 Å². The summed E-state index contributed by atoms with van der Waals surface area (Å²) in [6.07, 6.45) is 0.230. The van der Waals surface area contributed by atoms with E-state index in [0.717, 1.165) is 0 Å². The van der Waals surface area contributed by atoms with E-state index in [0.29, 0.717) is 27.1 Å². The lowest BCUT2D eigenvalue weighted by molar-refractivity contribution is -0.592. The third kappa shape index (κ3) is 3.15. The quantitative estimate of drug-likeness (QED) is 0.574. The standard InChI is InChI=1S/C17H15FN2O4/c1-23-13-6-7-14-15(10-13)24-16(20(14)22)8-9-19-17(21)11-2-4-12(18)5-3-11/h2-7,10H,8-9H2,1H3,(H,19,21). The summed E-state index contributed by atoms with van der Waals surface area (Å²) in [5.41, 5.74) is 1.17. The zero-order valence-electron chi connectivity index (χ0n) is 12.9. The van der Waals surface area contributed by atoms with Gasteiger partial charge in [-0.2, -0.15) is 0 Å². The number of halogens is 1. The first-order valence-electron chi connectivity index (χ1n) is 7.31. The Kier molecular flexibility index (Phi) is 4.33. The van der Waals surface area contributed by atoms with Crippen molar-refractivity contribution in [1.29, 1.82) is 0 Å². The van der Waals surface area contributed by atoms with E-state index in [4.69, 9.17) is 9.15 Å². The lowest BCUT2D eigenvalue weighted by atomic mass is 10.2. The molecule has 124 valence electrons.